The molecule has 82 valence electrons. The van der Waals surface area contributed by atoms with Crippen molar-refractivity contribution in [1.82, 2.24) is 0 Å². The first-order valence-corrected chi connectivity index (χ1v) is 12.1. The van der Waals surface area contributed by atoms with Crippen LogP contribution in [0.25, 0.3) is 0 Å². The summed E-state index contributed by atoms with van der Waals surface area (Å²) < 4.78 is 0.291. The number of thiophene rings is 2. The third kappa shape index (κ3) is 3.14. The Morgan fingerprint density at radius 1 is 0.875 bits per heavy atom. The molecule has 2 nitrogen and oxygen atoms in total. The second-order valence-corrected chi connectivity index (χ2v) is 10.5. The Bertz CT molecular complexity index is 431. The molecule has 0 atom stereocenters. The molecule has 0 bridgehead atoms. The van der Waals surface area contributed by atoms with E-state index in [1.807, 2.05) is 35.0 Å². The van der Waals surface area contributed by atoms with Gasteiger partial charge in [-0.2, -0.15) is 0 Å². The topological polar surface area (TPSA) is 34.1 Å². The van der Waals surface area contributed by atoms with Crippen molar-refractivity contribution in [2.75, 3.05) is 0 Å². The average molecular weight is 380 g/mol. The van der Waals surface area contributed by atoms with Crippen LogP contribution in [-0.2, 0) is 0 Å². The standard InChI is InChI=1S/C10H6O2S2Se2/c11-9(7-3-1-5-13-7)15-16-10(12)8-4-2-6-14-8/h1-6H. The molecule has 2 heterocycles. The molecule has 0 radical (unpaired) electrons. The SMILES string of the molecule is O=C([Se][Se]C(=O)c1cccs1)c1cccs1. The fourth-order valence-electron chi connectivity index (χ4n) is 0.947. The predicted molar refractivity (Wildman–Crippen MR) is 68.8 cm³/mol. The van der Waals surface area contributed by atoms with E-state index in [9.17, 15) is 9.59 Å². The van der Waals surface area contributed by atoms with E-state index in [4.69, 9.17) is 0 Å². The van der Waals surface area contributed by atoms with Crippen LogP contribution in [0.5, 0.6) is 0 Å². The van der Waals surface area contributed by atoms with E-state index in [0.717, 1.165) is 9.75 Å². The van der Waals surface area contributed by atoms with Crippen LogP contribution < -0.4 is 0 Å². The van der Waals surface area contributed by atoms with Crippen molar-refractivity contribution in [3.8, 4) is 0 Å². The molecule has 0 unspecified atom stereocenters. The van der Waals surface area contributed by atoms with Crippen molar-refractivity contribution in [3.05, 3.63) is 44.8 Å². The van der Waals surface area contributed by atoms with E-state index in [1.165, 1.54) is 22.7 Å². The van der Waals surface area contributed by atoms with E-state index < -0.39 is 0 Å². The molecule has 0 amide bonds. The van der Waals surface area contributed by atoms with Gasteiger partial charge in [-0.3, -0.25) is 0 Å². The molecule has 2 aromatic heterocycles. The van der Waals surface area contributed by atoms with Crippen molar-refractivity contribution in [1.29, 1.82) is 0 Å². The summed E-state index contributed by atoms with van der Waals surface area (Å²) in [7, 11) is 0. The van der Waals surface area contributed by atoms with E-state index in [0.29, 0.717) is 0 Å². The van der Waals surface area contributed by atoms with Crippen LogP contribution >= 0.6 is 22.7 Å². The van der Waals surface area contributed by atoms with Gasteiger partial charge in [0.1, 0.15) is 0 Å². The molecule has 0 spiro atoms. The Balaban J connectivity index is 1.89. The summed E-state index contributed by atoms with van der Waals surface area (Å²) in [6, 6.07) is 7.37. The van der Waals surface area contributed by atoms with Gasteiger partial charge in [0.15, 0.2) is 0 Å². The first-order valence-electron chi connectivity index (χ1n) is 4.27. The van der Waals surface area contributed by atoms with Crippen molar-refractivity contribution in [2.24, 2.45) is 0 Å². The zero-order chi connectivity index (χ0) is 11.4. The number of rotatable bonds is 5. The van der Waals surface area contributed by atoms with Gasteiger partial charge in [0.05, 0.1) is 0 Å². The van der Waals surface area contributed by atoms with Crippen molar-refractivity contribution >= 4 is 58.3 Å². The monoisotopic (exact) mass is 382 g/mol. The second kappa shape index (κ2) is 5.92. The predicted octanol–water partition coefficient (Wildman–Crippen LogP) is 2.11. The molecule has 16 heavy (non-hydrogen) atoms. The van der Waals surface area contributed by atoms with Gasteiger partial charge < -0.3 is 0 Å². The molecule has 6 heteroatoms. The average Bonchev–Trinajstić information content (AvgIpc) is 2.95. The van der Waals surface area contributed by atoms with E-state index >= 15 is 0 Å². The van der Waals surface area contributed by atoms with Crippen molar-refractivity contribution in [2.45, 2.75) is 0 Å². The van der Waals surface area contributed by atoms with E-state index in [2.05, 4.69) is 0 Å². The molecule has 0 aromatic carbocycles. The van der Waals surface area contributed by atoms with Crippen LogP contribution in [0.3, 0.4) is 0 Å². The molecule has 0 N–H and O–H groups in total. The summed E-state index contributed by atoms with van der Waals surface area (Å²) in [6.45, 7) is 0. The summed E-state index contributed by atoms with van der Waals surface area (Å²) >= 11 is 2.48. The Morgan fingerprint density at radius 2 is 1.31 bits per heavy atom. The molecule has 2 rings (SSSR count). The van der Waals surface area contributed by atoms with Gasteiger partial charge in [-0.05, 0) is 0 Å². The summed E-state index contributed by atoms with van der Waals surface area (Å²) in [6.07, 6.45) is 0. The van der Waals surface area contributed by atoms with Crippen LogP contribution in [0.1, 0.15) is 19.3 Å². The van der Waals surface area contributed by atoms with E-state index in [-0.39, 0.29) is 35.6 Å². The molecule has 0 aliphatic rings. The van der Waals surface area contributed by atoms with Gasteiger partial charge in [0.25, 0.3) is 0 Å². The normalized spacial score (nSPS) is 10.2. The van der Waals surface area contributed by atoms with Crippen LogP contribution in [0.2, 0.25) is 0 Å². The zero-order valence-electron chi connectivity index (χ0n) is 7.91. The zero-order valence-corrected chi connectivity index (χ0v) is 13.0. The Labute approximate surface area is 112 Å². The summed E-state index contributed by atoms with van der Waals surface area (Å²) in [5.41, 5.74) is 0. The minimum atomic E-state index is -0.209. The van der Waals surface area contributed by atoms with Gasteiger partial charge >= 0.3 is 113 Å². The Kier molecular flexibility index (Phi) is 4.53. The third-order valence-electron chi connectivity index (χ3n) is 1.64. The molecule has 0 saturated carbocycles. The molecular weight excluding hydrogens is 374 g/mol. The molecule has 2 aromatic rings. The van der Waals surface area contributed by atoms with Gasteiger partial charge in [0.2, 0.25) is 0 Å². The van der Waals surface area contributed by atoms with Crippen molar-refractivity contribution in [3.63, 3.8) is 0 Å². The third-order valence-corrected chi connectivity index (χ3v) is 9.90. The number of carbonyl (C=O) groups is 2. The molecule has 0 aliphatic carbocycles. The summed E-state index contributed by atoms with van der Waals surface area (Å²) in [5.74, 6) is 0. The van der Waals surface area contributed by atoms with Crippen LogP contribution in [0.15, 0.2) is 35.0 Å². The fraction of sp³-hybridized carbons (Fsp3) is 0. The fourth-order valence-corrected chi connectivity index (χ4v) is 8.89. The maximum atomic E-state index is 11.7. The van der Waals surface area contributed by atoms with Gasteiger partial charge in [-0.15, -0.1) is 0 Å². The van der Waals surface area contributed by atoms with Gasteiger partial charge in [-0.25, -0.2) is 0 Å². The molecule has 0 saturated heterocycles. The first-order chi connectivity index (χ1) is 7.77. The molecule has 0 aliphatic heterocycles. The second-order valence-electron chi connectivity index (χ2n) is 2.70. The number of hydrogen-bond donors (Lipinski definition) is 0. The van der Waals surface area contributed by atoms with Crippen LogP contribution in [0.4, 0.5) is 0 Å². The Morgan fingerprint density at radius 3 is 1.62 bits per heavy atom. The van der Waals surface area contributed by atoms with Crippen molar-refractivity contribution < 1.29 is 9.59 Å². The quantitative estimate of drug-likeness (QED) is 0.745. The summed E-state index contributed by atoms with van der Waals surface area (Å²) in [5, 5.41) is 3.77. The Hall–Kier alpha value is -0.221. The van der Waals surface area contributed by atoms with E-state index in [1.54, 1.807) is 0 Å². The van der Waals surface area contributed by atoms with Gasteiger partial charge in [0, 0.05) is 0 Å². The first kappa shape index (κ1) is 12.2. The maximum absolute atomic E-state index is 11.7. The molecule has 0 fully saturated rings. The summed E-state index contributed by atoms with van der Waals surface area (Å²) in [4.78, 5) is 24.9. The number of carbonyl (C=O) groups excluding carboxylic acids is 2. The number of hydrogen-bond acceptors (Lipinski definition) is 4. The van der Waals surface area contributed by atoms with Gasteiger partial charge in [-0.1, -0.05) is 0 Å². The minimum absolute atomic E-state index is 0.146. The van der Waals surface area contributed by atoms with Crippen LogP contribution in [-0.4, -0.2) is 35.6 Å². The molecular formula is C10H6O2S2Se2. The van der Waals surface area contributed by atoms with Crippen LogP contribution in [0, 0.1) is 0 Å².